The molecule has 3 heteroatoms. The van der Waals surface area contributed by atoms with Crippen molar-refractivity contribution in [1.29, 1.82) is 0 Å². The predicted octanol–water partition coefficient (Wildman–Crippen LogP) is 3.24. The van der Waals surface area contributed by atoms with Crippen LogP contribution in [0.5, 0.6) is 11.5 Å². The van der Waals surface area contributed by atoms with Crippen molar-refractivity contribution in [1.82, 2.24) is 5.32 Å². The Morgan fingerprint density at radius 1 is 1.11 bits per heavy atom. The molecule has 0 radical (unpaired) electrons. The molecule has 0 aliphatic carbocycles. The molecule has 0 unspecified atom stereocenters. The number of hydrogen-bond acceptors (Lipinski definition) is 3. The van der Waals surface area contributed by atoms with Crippen molar-refractivity contribution < 1.29 is 9.47 Å². The SMILES string of the molecule is CCCNCC(C)(C)Oc1ccccc1OCC. The van der Waals surface area contributed by atoms with Crippen LogP contribution in [0.1, 0.15) is 34.1 Å². The van der Waals surface area contributed by atoms with Gasteiger partial charge in [0, 0.05) is 6.54 Å². The van der Waals surface area contributed by atoms with Crippen LogP contribution in [0.25, 0.3) is 0 Å². The molecule has 0 bridgehead atoms. The Morgan fingerprint density at radius 2 is 1.78 bits per heavy atom. The van der Waals surface area contributed by atoms with Gasteiger partial charge in [0.1, 0.15) is 5.60 Å². The Bertz CT molecular complexity index is 350. The average molecular weight is 251 g/mol. The van der Waals surface area contributed by atoms with Crippen molar-refractivity contribution in [2.24, 2.45) is 0 Å². The largest absolute Gasteiger partial charge is 0.490 e. The number of hydrogen-bond donors (Lipinski definition) is 1. The zero-order chi connectivity index (χ0) is 13.4. The smallest absolute Gasteiger partial charge is 0.162 e. The number of para-hydroxylation sites is 2. The Morgan fingerprint density at radius 3 is 2.39 bits per heavy atom. The number of nitrogens with one attached hydrogen (secondary N) is 1. The normalized spacial score (nSPS) is 11.3. The van der Waals surface area contributed by atoms with E-state index in [1.165, 1.54) is 0 Å². The molecule has 0 heterocycles. The minimum atomic E-state index is -0.248. The van der Waals surface area contributed by atoms with Gasteiger partial charge in [-0.3, -0.25) is 0 Å². The molecule has 0 fully saturated rings. The summed E-state index contributed by atoms with van der Waals surface area (Å²) < 4.78 is 11.6. The second kappa shape index (κ2) is 7.27. The van der Waals surface area contributed by atoms with Gasteiger partial charge in [0.2, 0.25) is 0 Å². The third kappa shape index (κ3) is 4.96. The first kappa shape index (κ1) is 14.8. The first-order valence-electron chi connectivity index (χ1n) is 6.70. The van der Waals surface area contributed by atoms with Crippen LogP contribution in [-0.2, 0) is 0 Å². The van der Waals surface area contributed by atoms with E-state index in [9.17, 15) is 0 Å². The van der Waals surface area contributed by atoms with Gasteiger partial charge in [0.05, 0.1) is 6.61 Å². The Hall–Kier alpha value is -1.22. The highest BCUT2D eigenvalue weighted by Gasteiger charge is 2.20. The van der Waals surface area contributed by atoms with E-state index < -0.39 is 0 Å². The van der Waals surface area contributed by atoms with Crippen LogP contribution in [0.4, 0.5) is 0 Å². The third-order valence-corrected chi connectivity index (χ3v) is 2.51. The van der Waals surface area contributed by atoms with Gasteiger partial charge in [-0.2, -0.15) is 0 Å². The highest BCUT2D eigenvalue weighted by atomic mass is 16.5. The van der Waals surface area contributed by atoms with Crippen LogP contribution in [0, 0.1) is 0 Å². The maximum atomic E-state index is 6.04. The molecule has 0 aliphatic rings. The first-order chi connectivity index (χ1) is 8.59. The lowest BCUT2D eigenvalue weighted by Gasteiger charge is -2.27. The first-order valence-corrected chi connectivity index (χ1v) is 6.70. The molecule has 1 N–H and O–H groups in total. The van der Waals surface area contributed by atoms with Gasteiger partial charge in [-0.25, -0.2) is 0 Å². The van der Waals surface area contributed by atoms with Crippen molar-refractivity contribution in [3.63, 3.8) is 0 Å². The predicted molar refractivity (Wildman–Crippen MR) is 75.5 cm³/mol. The Labute approximate surface area is 110 Å². The molecule has 0 amide bonds. The van der Waals surface area contributed by atoms with E-state index in [1.54, 1.807) is 0 Å². The summed E-state index contributed by atoms with van der Waals surface area (Å²) in [6, 6.07) is 7.81. The maximum Gasteiger partial charge on any atom is 0.162 e. The summed E-state index contributed by atoms with van der Waals surface area (Å²) in [7, 11) is 0. The molecule has 3 nitrogen and oxygen atoms in total. The van der Waals surface area contributed by atoms with Gasteiger partial charge < -0.3 is 14.8 Å². The topological polar surface area (TPSA) is 30.5 Å². The molecule has 0 aliphatic heterocycles. The van der Waals surface area contributed by atoms with Crippen LogP contribution in [0.3, 0.4) is 0 Å². The van der Waals surface area contributed by atoms with Crippen LogP contribution >= 0.6 is 0 Å². The maximum absolute atomic E-state index is 6.04. The molecule has 0 atom stereocenters. The van der Waals surface area contributed by atoms with Crippen LogP contribution in [0.2, 0.25) is 0 Å². The number of benzene rings is 1. The fourth-order valence-electron chi connectivity index (χ4n) is 1.71. The molecule has 0 aromatic heterocycles. The summed E-state index contributed by atoms with van der Waals surface area (Å²) in [6.07, 6.45) is 1.13. The Balaban J connectivity index is 2.64. The highest BCUT2D eigenvalue weighted by Crippen LogP contribution is 2.29. The van der Waals surface area contributed by atoms with Crippen molar-refractivity contribution in [2.45, 2.75) is 39.7 Å². The van der Waals surface area contributed by atoms with E-state index in [4.69, 9.17) is 9.47 Å². The third-order valence-electron chi connectivity index (χ3n) is 2.51. The van der Waals surface area contributed by atoms with Crippen molar-refractivity contribution in [2.75, 3.05) is 19.7 Å². The summed E-state index contributed by atoms with van der Waals surface area (Å²) in [5.41, 5.74) is -0.248. The molecule has 18 heavy (non-hydrogen) atoms. The van der Waals surface area contributed by atoms with E-state index >= 15 is 0 Å². The van der Waals surface area contributed by atoms with Crippen LogP contribution < -0.4 is 14.8 Å². The molecule has 0 saturated carbocycles. The van der Waals surface area contributed by atoms with Gasteiger partial charge in [0.25, 0.3) is 0 Å². The fraction of sp³-hybridized carbons (Fsp3) is 0.600. The average Bonchev–Trinajstić information content (AvgIpc) is 2.32. The van der Waals surface area contributed by atoms with E-state index in [0.717, 1.165) is 31.0 Å². The molecule has 0 saturated heterocycles. The molecule has 102 valence electrons. The Kier molecular flexibility index (Phi) is 5.99. The molecule has 1 aromatic carbocycles. The van der Waals surface area contributed by atoms with Crippen molar-refractivity contribution in [3.8, 4) is 11.5 Å². The monoisotopic (exact) mass is 251 g/mol. The molecular formula is C15H25NO2. The summed E-state index contributed by atoms with van der Waals surface area (Å²) in [6.45, 7) is 10.8. The minimum Gasteiger partial charge on any atom is -0.490 e. The highest BCUT2D eigenvalue weighted by molar-refractivity contribution is 5.39. The molecule has 1 aromatic rings. The van der Waals surface area contributed by atoms with Crippen LogP contribution in [0.15, 0.2) is 24.3 Å². The van der Waals surface area contributed by atoms with E-state index in [-0.39, 0.29) is 5.60 Å². The second-order valence-corrected chi connectivity index (χ2v) is 4.92. The zero-order valence-electron chi connectivity index (χ0n) is 12.0. The van der Waals surface area contributed by atoms with Gasteiger partial charge in [-0.1, -0.05) is 19.1 Å². The van der Waals surface area contributed by atoms with Crippen molar-refractivity contribution >= 4 is 0 Å². The van der Waals surface area contributed by atoms with Gasteiger partial charge in [0.15, 0.2) is 11.5 Å². The second-order valence-electron chi connectivity index (χ2n) is 4.92. The molecular weight excluding hydrogens is 226 g/mol. The number of ether oxygens (including phenoxy) is 2. The zero-order valence-corrected chi connectivity index (χ0v) is 12.0. The minimum absolute atomic E-state index is 0.248. The lowest BCUT2D eigenvalue weighted by atomic mass is 10.1. The summed E-state index contributed by atoms with van der Waals surface area (Å²) in [5.74, 6) is 1.62. The molecule has 1 rings (SSSR count). The fourth-order valence-corrected chi connectivity index (χ4v) is 1.71. The lowest BCUT2D eigenvalue weighted by molar-refractivity contribution is 0.103. The van der Waals surface area contributed by atoms with Gasteiger partial charge in [-0.05, 0) is 45.9 Å². The summed E-state index contributed by atoms with van der Waals surface area (Å²) in [5, 5.41) is 3.38. The van der Waals surface area contributed by atoms with Crippen molar-refractivity contribution in [3.05, 3.63) is 24.3 Å². The van der Waals surface area contributed by atoms with E-state index in [2.05, 4.69) is 26.1 Å². The standard InChI is InChI=1S/C15H25NO2/c1-5-11-16-12-15(3,4)18-14-10-8-7-9-13(14)17-6-2/h7-10,16H,5-6,11-12H2,1-4H3. The van der Waals surface area contributed by atoms with Gasteiger partial charge >= 0.3 is 0 Å². The van der Waals surface area contributed by atoms with Gasteiger partial charge in [-0.15, -0.1) is 0 Å². The molecule has 0 spiro atoms. The van der Waals surface area contributed by atoms with Crippen LogP contribution in [-0.4, -0.2) is 25.3 Å². The lowest BCUT2D eigenvalue weighted by Crippen LogP contribution is -2.40. The summed E-state index contributed by atoms with van der Waals surface area (Å²) in [4.78, 5) is 0. The summed E-state index contributed by atoms with van der Waals surface area (Å²) >= 11 is 0. The quantitative estimate of drug-likeness (QED) is 0.719. The number of rotatable bonds is 8. The van der Waals surface area contributed by atoms with E-state index in [0.29, 0.717) is 6.61 Å². The van der Waals surface area contributed by atoms with E-state index in [1.807, 2.05) is 31.2 Å².